The minimum absolute atomic E-state index is 0.953. The van der Waals surface area contributed by atoms with E-state index in [9.17, 15) is 0 Å². The molecular weight excluding hydrogens is 893 g/mol. The van der Waals surface area contributed by atoms with Crippen molar-refractivity contribution in [3.63, 3.8) is 0 Å². The molecule has 2 aromatic heterocycles. The maximum absolute atomic E-state index is 2.66. The molecule has 71 heavy (non-hydrogen) atoms. The first-order chi connectivity index (χ1) is 35.1. The minimum Gasteiger partial charge on any atom is -0.140 e. The van der Waals surface area contributed by atoms with E-state index < -0.39 is 0 Å². The van der Waals surface area contributed by atoms with E-state index in [1.807, 2.05) is 11.3 Å². The summed E-state index contributed by atoms with van der Waals surface area (Å²) in [6.07, 6.45) is 14.0. The largest absolute Gasteiger partial charge is 0.140 e. The molecule has 11 aromatic rings. The molecule has 0 spiro atoms. The number of hydrogen-bond acceptors (Lipinski definition) is 2. The summed E-state index contributed by atoms with van der Waals surface area (Å²) in [5.74, 6) is 0. The summed E-state index contributed by atoms with van der Waals surface area (Å²) >= 11 is 4.12. The molecule has 0 nitrogen and oxygen atoms in total. The minimum atomic E-state index is 0.953. The van der Waals surface area contributed by atoms with E-state index in [0.717, 1.165) is 57.8 Å². The standard InChI is InChI=1S/C69H64S2/c1-3-4-5-24-37-55-47-61-57(43-39-50-27-14-7-15-28-50)65-63(54-35-22-11-23-36-54)66-58(44-40-51-29-16-8-17-30-51)68-60(46-48(2)70-68)56(42-38-49-25-12-6-13-26-49)64(66)62(53-33-20-10-21-34-53)67(65)59(69(61)71-55)45-41-52-31-18-9-19-32-52/h6-23,25-36,46-47H,3-5,24,37-45H2,1-2H3. The third kappa shape index (κ3) is 9.90. The van der Waals surface area contributed by atoms with Crippen molar-refractivity contribution < 1.29 is 0 Å². The normalized spacial score (nSPS) is 11.7. The third-order valence-electron chi connectivity index (χ3n) is 15.0. The monoisotopic (exact) mass is 956 g/mol. The van der Waals surface area contributed by atoms with Gasteiger partial charge in [-0.15, -0.1) is 22.7 Å². The van der Waals surface area contributed by atoms with Crippen LogP contribution < -0.4 is 0 Å². The van der Waals surface area contributed by atoms with Crippen LogP contribution in [0.1, 0.15) is 86.9 Å². The maximum Gasteiger partial charge on any atom is 0.0387 e. The van der Waals surface area contributed by atoms with Crippen LogP contribution >= 0.6 is 22.7 Å². The van der Waals surface area contributed by atoms with Gasteiger partial charge in [0.2, 0.25) is 0 Å². The molecule has 0 saturated heterocycles. The van der Waals surface area contributed by atoms with Crippen LogP contribution in [0.4, 0.5) is 0 Å². The van der Waals surface area contributed by atoms with Crippen molar-refractivity contribution in [2.24, 2.45) is 0 Å². The van der Waals surface area contributed by atoms with Gasteiger partial charge in [-0.25, -0.2) is 0 Å². The van der Waals surface area contributed by atoms with Crippen LogP contribution in [0.15, 0.2) is 194 Å². The summed E-state index contributed by atoms with van der Waals surface area (Å²) < 4.78 is 2.96. The molecule has 0 aliphatic heterocycles. The fourth-order valence-electron chi connectivity index (χ4n) is 11.6. The summed E-state index contributed by atoms with van der Waals surface area (Å²) in [4.78, 5) is 2.91. The molecule has 0 saturated carbocycles. The number of fused-ring (bicyclic) bond motifs is 4. The summed E-state index contributed by atoms with van der Waals surface area (Å²) in [6, 6.07) is 73.4. The van der Waals surface area contributed by atoms with Crippen LogP contribution in [0.25, 0.3) is 64.0 Å². The maximum atomic E-state index is 2.66. The van der Waals surface area contributed by atoms with Gasteiger partial charge >= 0.3 is 0 Å². The second-order valence-electron chi connectivity index (χ2n) is 19.7. The second kappa shape index (κ2) is 21.8. The Balaban J connectivity index is 1.35. The lowest BCUT2D eigenvalue weighted by molar-refractivity contribution is 0.670. The average Bonchev–Trinajstić information content (AvgIpc) is 4.04. The van der Waals surface area contributed by atoms with Crippen LogP contribution in [-0.2, 0) is 57.8 Å². The van der Waals surface area contributed by atoms with E-state index in [1.165, 1.54) is 144 Å². The van der Waals surface area contributed by atoms with Gasteiger partial charge in [0, 0.05) is 19.2 Å². The first-order valence-corrected chi connectivity index (χ1v) is 28.0. The molecule has 0 aliphatic carbocycles. The van der Waals surface area contributed by atoms with E-state index in [4.69, 9.17) is 0 Å². The first-order valence-electron chi connectivity index (χ1n) is 26.3. The topological polar surface area (TPSA) is 0 Å². The van der Waals surface area contributed by atoms with Crippen molar-refractivity contribution in [1.82, 2.24) is 0 Å². The third-order valence-corrected chi connectivity index (χ3v) is 17.3. The van der Waals surface area contributed by atoms with E-state index in [2.05, 4.69) is 219 Å². The number of hydrogen-bond donors (Lipinski definition) is 0. The zero-order valence-corrected chi connectivity index (χ0v) is 43.1. The van der Waals surface area contributed by atoms with Crippen molar-refractivity contribution in [1.29, 1.82) is 0 Å². The highest BCUT2D eigenvalue weighted by Crippen LogP contribution is 2.54. The molecule has 2 heterocycles. The molecule has 2 heteroatoms. The van der Waals surface area contributed by atoms with Crippen LogP contribution in [0, 0.1) is 6.92 Å². The van der Waals surface area contributed by atoms with Gasteiger partial charge in [0.1, 0.15) is 0 Å². The summed E-state index contributed by atoms with van der Waals surface area (Å²) in [5.41, 5.74) is 17.1. The van der Waals surface area contributed by atoms with E-state index in [0.29, 0.717) is 0 Å². The predicted molar refractivity (Wildman–Crippen MR) is 311 cm³/mol. The molecule has 0 aliphatic rings. The summed E-state index contributed by atoms with van der Waals surface area (Å²) in [7, 11) is 0. The quantitative estimate of drug-likeness (QED) is 0.0560. The van der Waals surface area contributed by atoms with Gasteiger partial charge in [0.25, 0.3) is 0 Å². The van der Waals surface area contributed by atoms with Gasteiger partial charge in [-0.3, -0.25) is 0 Å². The SMILES string of the molecule is CCCCCCc1cc2c(CCc3ccccc3)c3c(-c4ccccc4)c4c(CCc5ccccc5)c5sc(C)cc5c(CCc5ccccc5)c4c(-c4ccccc4)c3c(CCc3ccccc3)c2s1. The van der Waals surface area contributed by atoms with Crippen LogP contribution in [0.5, 0.6) is 0 Å². The van der Waals surface area contributed by atoms with Gasteiger partial charge in [-0.1, -0.05) is 208 Å². The Bertz CT molecular complexity index is 3300. The summed E-state index contributed by atoms with van der Waals surface area (Å²) in [5, 5.41) is 8.77. The molecule has 0 radical (unpaired) electrons. The van der Waals surface area contributed by atoms with E-state index >= 15 is 0 Å². The molecule has 352 valence electrons. The second-order valence-corrected chi connectivity index (χ2v) is 22.1. The molecule has 0 N–H and O–H groups in total. The Hall–Kier alpha value is -6.58. The molecule has 0 amide bonds. The van der Waals surface area contributed by atoms with Crippen LogP contribution in [0.2, 0.25) is 0 Å². The Labute approximate surface area is 429 Å². The van der Waals surface area contributed by atoms with E-state index in [-0.39, 0.29) is 0 Å². The van der Waals surface area contributed by atoms with Gasteiger partial charge in [0.15, 0.2) is 0 Å². The lowest BCUT2D eigenvalue weighted by Crippen LogP contribution is -2.06. The highest BCUT2D eigenvalue weighted by atomic mass is 32.1. The Morgan fingerprint density at radius 3 is 1.08 bits per heavy atom. The molecule has 0 fully saturated rings. The molecule has 11 rings (SSSR count). The smallest absolute Gasteiger partial charge is 0.0387 e. The number of aryl methyl sites for hydroxylation is 10. The van der Waals surface area contributed by atoms with Gasteiger partial charge < -0.3 is 0 Å². The molecule has 0 atom stereocenters. The average molecular weight is 957 g/mol. The predicted octanol–water partition coefficient (Wildman–Crippen LogP) is 19.3. The number of benzene rings is 9. The van der Waals surface area contributed by atoms with Gasteiger partial charge in [-0.05, 0) is 182 Å². The fourth-order valence-corrected chi connectivity index (χ4v) is 14.0. The fraction of sp³-hybridized carbons (Fsp3) is 0.217. The van der Waals surface area contributed by atoms with Gasteiger partial charge in [0.05, 0.1) is 0 Å². The van der Waals surface area contributed by atoms with Crippen molar-refractivity contribution >= 4 is 64.4 Å². The van der Waals surface area contributed by atoms with Crippen molar-refractivity contribution in [2.45, 2.75) is 97.3 Å². The highest BCUT2D eigenvalue weighted by molar-refractivity contribution is 7.19. The van der Waals surface area contributed by atoms with Crippen molar-refractivity contribution in [3.8, 4) is 22.3 Å². The number of unbranched alkanes of at least 4 members (excludes halogenated alkanes) is 3. The highest BCUT2D eigenvalue weighted by Gasteiger charge is 2.30. The molecule has 9 aromatic carbocycles. The molecule has 0 unspecified atom stereocenters. The zero-order valence-electron chi connectivity index (χ0n) is 41.5. The Morgan fingerprint density at radius 2 is 0.676 bits per heavy atom. The first kappa shape index (κ1) is 46.8. The number of rotatable bonds is 19. The van der Waals surface area contributed by atoms with Gasteiger partial charge in [-0.2, -0.15) is 0 Å². The van der Waals surface area contributed by atoms with Crippen LogP contribution in [0.3, 0.4) is 0 Å². The van der Waals surface area contributed by atoms with Crippen molar-refractivity contribution in [3.05, 3.63) is 248 Å². The Kier molecular flexibility index (Phi) is 14.4. The molecule has 0 bridgehead atoms. The van der Waals surface area contributed by atoms with E-state index in [1.54, 1.807) is 0 Å². The summed E-state index contributed by atoms with van der Waals surface area (Å²) in [6.45, 7) is 4.66. The Morgan fingerprint density at radius 1 is 0.324 bits per heavy atom. The lowest BCUT2D eigenvalue weighted by atomic mass is 9.76. The molecular formula is C69H64S2. The lowest BCUT2D eigenvalue weighted by Gasteiger charge is -2.27. The number of thiophene rings is 2. The zero-order chi connectivity index (χ0) is 47.9. The van der Waals surface area contributed by atoms with Crippen molar-refractivity contribution in [2.75, 3.05) is 0 Å². The van der Waals surface area contributed by atoms with Crippen LogP contribution in [-0.4, -0.2) is 0 Å².